The predicted octanol–water partition coefficient (Wildman–Crippen LogP) is 3.97. The van der Waals surface area contributed by atoms with Gasteiger partial charge in [0.2, 0.25) is 24.4 Å². The van der Waals surface area contributed by atoms with E-state index in [9.17, 15) is 4.79 Å². The maximum atomic E-state index is 13.0. The van der Waals surface area contributed by atoms with Crippen molar-refractivity contribution in [3.05, 3.63) is 24.1 Å². The summed E-state index contributed by atoms with van der Waals surface area (Å²) in [6.45, 7) is 0.894. The highest BCUT2D eigenvalue weighted by Gasteiger charge is 2.33. The molecule has 1 amide bonds. The van der Waals surface area contributed by atoms with Crippen LogP contribution in [0.25, 0.3) is 11.4 Å². The van der Waals surface area contributed by atoms with E-state index in [0.29, 0.717) is 42.4 Å². The largest absolute Gasteiger partial charge is 0.454 e. The molecule has 0 unspecified atom stereocenters. The summed E-state index contributed by atoms with van der Waals surface area (Å²) in [4.78, 5) is 19.7. The van der Waals surface area contributed by atoms with Gasteiger partial charge >= 0.3 is 0 Å². The second-order valence-electron chi connectivity index (χ2n) is 8.28. The SMILES string of the molecule is O=C(C1CCC1)N(CCc1nc(-c2ccc3c(c2)OCO3)no1)C1CCCCC1. The van der Waals surface area contributed by atoms with Crippen LogP contribution in [0.2, 0.25) is 0 Å². The van der Waals surface area contributed by atoms with E-state index in [1.165, 1.54) is 25.7 Å². The molecular formula is C22H27N3O4. The quantitative estimate of drug-likeness (QED) is 0.734. The number of aromatic nitrogens is 2. The number of hydrogen-bond acceptors (Lipinski definition) is 6. The summed E-state index contributed by atoms with van der Waals surface area (Å²) in [7, 11) is 0. The van der Waals surface area contributed by atoms with Gasteiger partial charge in [0.1, 0.15) is 0 Å². The van der Waals surface area contributed by atoms with Crippen molar-refractivity contribution in [3.63, 3.8) is 0 Å². The summed E-state index contributed by atoms with van der Waals surface area (Å²) >= 11 is 0. The van der Waals surface area contributed by atoms with Crippen molar-refractivity contribution in [2.45, 2.75) is 63.8 Å². The zero-order valence-corrected chi connectivity index (χ0v) is 16.6. The second-order valence-corrected chi connectivity index (χ2v) is 8.28. The molecule has 29 heavy (non-hydrogen) atoms. The average Bonchev–Trinajstić information content (AvgIpc) is 3.36. The Morgan fingerprint density at radius 2 is 1.86 bits per heavy atom. The number of amides is 1. The maximum absolute atomic E-state index is 13.0. The first-order chi connectivity index (χ1) is 14.3. The van der Waals surface area contributed by atoms with Crippen molar-refractivity contribution in [3.8, 4) is 22.9 Å². The van der Waals surface area contributed by atoms with Crippen LogP contribution in [0.4, 0.5) is 0 Å². The zero-order valence-electron chi connectivity index (χ0n) is 16.6. The molecule has 2 fully saturated rings. The summed E-state index contributed by atoms with van der Waals surface area (Å²) in [6, 6.07) is 5.99. The molecule has 0 atom stereocenters. The predicted molar refractivity (Wildman–Crippen MR) is 105 cm³/mol. The van der Waals surface area contributed by atoms with Crippen LogP contribution in [0.3, 0.4) is 0 Å². The van der Waals surface area contributed by atoms with E-state index in [0.717, 1.165) is 37.0 Å². The Morgan fingerprint density at radius 1 is 1.03 bits per heavy atom. The van der Waals surface area contributed by atoms with Gasteiger partial charge in [-0.25, -0.2) is 0 Å². The van der Waals surface area contributed by atoms with Gasteiger partial charge < -0.3 is 18.9 Å². The van der Waals surface area contributed by atoms with Gasteiger partial charge in [-0.3, -0.25) is 4.79 Å². The summed E-state index contributed by atoms with van der Waals surface area (Å²) in [6.07, 6.45) is 9.79. The molecule has 2 aliphatic carbocycles. The third kappa shape index (κ3) is 3.82. The number of hydrogen-bond donors (Lipinski definition) is 0. The number of carbonyl (C=O) groups excluding carboxylic acids is 1. The molecule has 0 radical (unpaired) electrons. The van der Waals surface area contributed by atoms with Crippen LogP contribution in [0.15, 0.2) is 22.7 Å². The Kier molecular flexibility index (Phi) is 5.12. The maximum Gasteiger partial charge on any atom is 0.231 e. The molecule has 1 aromatic carbocycles. The van der Waals surface area contributed by atoms with Crippen molar-refractivity contribution < 1.29 is 18.8 Å². The molecule has 2 heterocycles. The first-order valence-electron chi connectivity index (χ1n) is 10.8. The number of rotatable bonds is 6. The molecule has 1 aliphatic heterocycles. The summed E-state index contributed by atoms with van der Waals surface area (Å²) in [5, 5.41) is 4.12. The molecule has 3 aliphatic rings. The number of nitrogens with zero attached hydrogens (tertiary/aromatic N) is 3. The Morgan fingerprint density at radius 3 is 2.66 bits per heavy atom. The minimum Gasteiger partial charge on any atom is -0.454 e. The first kappa shape index (κ1) is 18.5. The number of carbonyl (C=O) groups is 1. The number of fused-ring (bicyclic) bond motifs is 1. The van der Waals surface area contributed by atoms with E-state index < -0.39 is 0 Å². The summed E-state index contributed by atoms with van der Waals surface area (Å²) in [5.74, 6) is 3.09. The molecule has 7 heteroatoms. The summed E-state index contributed by atoms with van der Waals surface area (Å²) < 4.78 is 16.3. The van der Waals surface area contributed by atoms with Crippen LogP contribution in [0.5, 0.6) is 11.5 Å². The lowest BCUT2D eigenvalue weighted by Gasteiger charge is -2.38. The van der Waals surface area contributed by atoms with Crippen LogP contribution in [-0.2, 0) is 11.2 Å². The summed E-state index contributed by atoms with van der Waals surface area (Å²) in [5.41, 5.74) is 0.832. The van der Waals surface area contributed by atoms with Gasteiger partial charge in [-0.15, -0.1) is 0 Å². The Balaban J connectivity index is 1.27. The van der Waals surface area contributed by atoms with Crippen molar-refractivity contribution >= 4 is 5.91 Å². The molecule has 2 saturated carbocycles. The lowest BCUT2D eigenvalue weighted by molar-refractivity contribution is -0.141. The molecular weight excluding hydrogens is 370 g/mol. The Labute approximate surface area is 170 Å². The van der Waals surface area contributed by atoms with E-state index in [2.05, 4.69) is 15.0 Å². The molecule has 5 rings (SSSR count). The van der Waals surface area contributed by atoms with Crippen LogP contribution in [0.1, 0.15) is 57.3 Å². The molecule has 0 spiro atoms. The monoisotopic (exact) mass is 397 g/mol. The fourth-order valence-corrected chi connectivity index (χ4v) is 4.48. The lowest BCUT2D eigenvalue weighted by atomic mass is 9.83. The van der Waals surface area contributed by atoms with E-state index >= 15 is 0 Å². The average molecular weight is 397 g/mol. The third-order valence-electron chi connectivity index (χ3n) is 6.42. The van der Waals surface area contributed by atoms with Gasteiger partial charge in [-0.1, -0.05) is 30.8 Å². The fourth-order valence-electron chi connectivity index (χ4n) is 4.48. The highest BCUT2D eigenvalue weighted by molar-refractivity contribution is 5.80. The third-order valence-corrected chi connectivity index (χ3v) is 6.42. The van der Waals surface area contributed by atoms with Gasteiger partial charge in [0.15, 0.2) is 11.5 Å². The highest BCUT2D eigenvalue weighted by atomic mass is 16.7. The number of benzene rings is 1. The zero-order chi connectivity index (χ0) is 19.6. The van der Waals surface area contributed by atoms with Crippen molar-refractivity contribution in [1.29, 1.82) is 0 Å². The van der Waals surface area contributed by atoms with Crippen LogP contribution < -0.4 is 9.47 Å². The van der Waals surface area contributed by atoms with Crippen molar-refractivity contribution in [2.75, 3.05) is 13.3 Å². The van der Waals surface area contributed by atoms with Crippen LogP contribution >= 0.6 is 0 Å². The van der Waals surface area contributed by atoms with Gasteiger partial charge in [0, 0.05) is 30.5 Å². The normalized spacial score (nSPS) is 19.2. The molecule has 7 nitrogen and oxygen atoms in total. The van der Waals surface area contributed by atoms with Crippen LogP contribution in [-0.4, -0.2) is 40.3 Å². The van der Waals surface area contributed by atoms with Crippen LogP contribution in [0, 0.1) is 5.92 Å². The minimum atomic E-state index is 0.226. The van der Waals surface area contributed by atoms with E-state index in [4.69, 9.17) is 14.0 Å². The molecule has 0 N–H and O–H groups in total. The topological polar surface area (TPSA) is 77.7 Å². The first-order valence-corrected chi connectivity index (χ1v) is 10.8. The standard InChI is InChI=1S/C22H27N3O4/c26-22(15-5-4-6-15)25(17-7-2-1-3-8-17)12-11-20-23-21(24-29-20)16-9-10-18-19(13-16)28-14-27-18/h9-10,13,15,17H,1-8,11-12,14H2. The molecule has 2 aromatic rings. The van der Waals surface area contributed by atoms with Gasteiger partial charge in [-0.2, -0.15) is 4.98 Å². The molecule has 1 aromatic heterocycles. The lowest BCUT2D eigenvalue weighted by Crippen LogP contribution is -2.47. The van der Waals surface area contributed by atoms with Gasteiger partial charge in [0.25, 0.3) is 0 Å². The van der Waals surface area contributed by atoms with E-state index in [1.54, 1.807) is 0 Å². The second kappa shape index (κ2) is 8.05. The van der Waals surface area contributed by atoms with Crippen molar-refractivity contribution in [2.24, 2.45) is 5.92 Å². The van der Waals surface area contributed by atoms with Crippen molar-refractivity contribution in [1.82, 2.24) is 15.0 Å². The molecule has 0 bridgehead atoms. The van der Waals surface area contributed by atoms with E-state index in [-0.39, 0.29) is 12.7 Å². The van der Waals surface area contributed by atoms with Gasteiger partial charge in [0.05, 0.1) is 0 Å². The van der Waals surface area contributed by atoms with E-state index in [1.807, 2.05) is 18.2 Å². The Hall–Kier alpha value is -2.57. The fraction of sp³-hybridized carbons (Fsp3) is 0.591. The smallest absolute Gasteiger partial charge is 0.231 e. The number of ether oxygens (including phenoxy) is 2. The Bertz CT molecular complexity index is 871. The molecule has 0 saturated heterocycles. The minimum absolute atomic E-state index is 0.226. The highest BCUT2D eigenvalue weighted by Crippen LogP contribution is 2.35. The molecule has 154 valence electrons. The van der Waals surface area contributed by atoms with Gasteiger partial charge in [-0.05, 0) is 43.9 Å².